The zero-order chi connectivity index (χ0) is 26.5. The number of alkyl halides is 3. The standard InChI is InChI=1S/C26H30F3N7S/c1-25(2)20(7-8-21(34-25)36(4)17-9-10-35(3)14-17)32-24-30-13-15-11-22(37)31-19-12-16(26(27,28)29)5-6-18(19)23(15)33-24/h5-8,12-13,17,34H,9-11,14H2,1-4H3,(H,31,37)(H,30,32,33). The number of likely N-dealkylation sites (N-methyl/N-ethyl adjacent to an activating group) is 2. The Balaban J connectivity index is 1.44. The molecular formula is C26H30F3N7S. The summed E-state index contributed by atoms with van der Waals surface area (Å²) in [6.07, 6.45) is 2.76. The molecule has 4 heterocycles. The Labute approximate surface area is 219 Å². The second-order valence-electron chi connectivity index (χ2n) is 10.4. The summed E-state index contributed by atoms with van der Waals surface area (Å²) in [7, 11) is 4.25. The molecule has 0 spiro atoms. The van der Waals surface area contributed by atoms with E-state index in [0.29, 0.717) is 34.7 Å². The molecule has 196 valence electrons. The van der Waals surface area contributed by atoms with Gasteiger partial charge in [-0.15, -0.1) is 0 Å². The van der Waals surface area contributed by atoms with Crippen LogP contribution >= 0.6 is 12.2 Å². The van der Waals surface area contributed by atoms with Crippen LogP contribution in [0.2, 0.25) is 0 Å². The molecule has 3 aliphatic heterocycles. The van der Waals surface area contributed by atoms with Crippen LogP contribution < -0.4 is 16.0 Å². The van der Waals surface area contributed by atoms with Gasteiger partial charge in [0, 0.05) is 54.8 Å². The van der Waals surface area contributed by atoms with Crippen molar-refractivity contribution in [2.75, 3.05) is 37.8 Å². The number of halogens is 3. The van der Waals surface area contributed by atoms with Crippen molar-refractivity contribution >= 4 is 28.8 Å². The van der Waals surface area contributed by atoms with Crippen LogP contribution in [-0.4, -0.2) is 63.5 Å². The van der Waals surface area contributed by atoms with E-state index in [9.17, 15) is 13.2 Å². The highest BCUT2D eigenvalue weighted by molar-refractivity contribution is 7.80. The molecule has 0 bridgehead atoms. The third-order valence-corrected chi connectivity index (χ3v) is 7.40. The van der Waals surface area contributed by atoms with Crippen molar-refractivity contribution < 1.29 is 13.2 Å². The molecule has 0 radical (unpaired) electrons. The fourth-order valence-corrected chi connectivity index (χ4v) is 5.24. The van der Waals surface area contributed by atoms with Crippen LogP contribution in [0.4, 0.5) is 24.8 Å². The average Bonchev–Trinajstić information content (AvgIpc) is 3.20. The van der Waals surface area contributed by atoms with Crippen molar-refractivity contribution in [1.82, 2.24) is 25.1 Å². The number of dihydropyridines is 1. The smallest absolute Gasteiger partial charge is 0.361 e. The Hall–Kier alpha value is -3.18. The maximum Gasteiger partial charge on any atom is 0.416 e. The van der Waals surface area contributed by atoms with Gasteiger partial charge in [-0.25, -0.2) is 9.97 Å². The Kier molecular flexibility index (Phi) is 6.39. The summed E-state index contributed by atoms with van der Waals surface area (Å²) in [5.41, 5.74) is 1.85. The monoisotopic (exact) mass is 529 g/mol. The summed E-state index contributed by atoms with van der Waals surface area (Å²) < 4.78 is 39.9. The molecule has 0 amide bonds. The summed E-state index contributed by atoms with van der Waals surface area (Å²) in [5.74, 6) is 1.41. The van der Waals surface area contributed by atoms with Crippen LogP contribution in [-0.2, 0) is 12.6 Å². The third kappa shape index (κ3) is 5.15. The Morgan fingerprint density at radius 1 is 1.24 bits per heavy atom. The van der Waals surface area contributed by atoms with Crippen molar-refractivity contribution in [3.63, 3.8) is 0 Å². The predicted molar refractivity (Wildman–Crippen MR) is 143 cm³/mol. The number of nitrogens with zero attached hydrogens (tertiary/aromatic N) is 4. The second-order valence-corrected chi connectivity index (χ2v) is 10.9. The lowest BCUT2D eigenvalue weighted by molar-refractivity contribution is -0.137. The van der Waals surface area contributed by atoms with Crippen molar-refractivity contribution in [2.45, 2.75) is 44.4 Å². The fourth-order valence-electron chi connectivity index (χ4n) is 4.98. The molecular weight excluding hydrogens is 499 g/mol. The first-order chi connectivity index (χ1) is 17.4. The van der Waals surface area contributed by atoms with E-state index < -0.39 is 17.3 Å². The number of hydrogen-bond acceptors (Lipinski definition) is 7. The Morgan fingerprint density at radius 2 is 2.03 bits per heavy atom. The largest absolute Gasteiger partial charge is 0.416 e. The van der Waals surface area contributed by atoms with Gasteiger partial charge in [0.05, 0.1) is 21.8 Å². The molecule has 1 aromatic carbocycles. The molecule has 1 saturated heterocycles. The minimum absolute atomic E-state index is 0.287. The summed E-state index contributed by atoms with van der Waals surface area (Å²) in [5, 5.41) is 9.89. The van der Waals surface area contributed by atoms with E-state index in [-0.39, 0.29) is 5.69 Å². The molecule has 5 rings (SSSR count). The van der Waals surface area contributed by atoms with E-state index in [0.717, 1.165) is 48.7 Å². The lowest BCUT2D eigenvalue weighted by atomic mass is 9.97. The second kappa shape index (κ2) is 9.29. The van der Waals surface area contributed by atoms with E-state index in [1.165, 1.54) is 6.07 Å². The van der Waals surface area contributed by atoms with Gasteiger partial charge in [0.25, 0.3) is 0 Å². The lowest BCUT2D eigenvalue weighted by Gasteiger charge is -2.39. The third-order valence-electron chi connectivity index (χ3n) is 7.15. The van der Waals surface area contributed by atoms with Gasteiger partial charge in [0.15, 0.2) is 0 Å². The van der Waals surface area contributed by atoms with Crippen LogP contribution in [0.25, 0.3) is 11.3 Å². The van der Waals surface area contributed by atoms with Crippen molar-refractivity contribution in [1.29, 1.82) is 0 Å². The average molecular weight is 530 g/mol. The topological polar surface area (TPSA) is 68.3 Å². The number of thiocarbonyl (C=S) groups is 1. The summed E-state index contributed by atoms with van der Waals surface area (Å²) >= 11 is 5.36. The highest BCUT2D eigenvalue weighted by Gasteiger charge is 2.33. The number of benzene rings is 1. The van der Waals surface area contributed by atoms with E-state index in [1.54, 1.807) is 6.20 Å². The minimum atomic E-state index is -4.45. The number of nitrogens with one attached hydrogen (secondary N) is 3. The predicted octanol–water partition coefficient (Wildman–Crippen LogP) is 4.61. The molecule has 2 aromatic rings. The molecule has 1 unspecified atom stereocenters. The highest BCUT2D eigenvalue weighted by atomic mass is 32.1. The van der Waals surface area contributed by atoms with Crippen LogP contribution in [0.15, 0.2) is 48.1 Å². The molecule has 11 heteroatoms. The van der Waals surface area contributed by atoms with Gasteiger partial charge in [-0.2, -0.15) is 13.2 Å². The maximum absolute atomic E-state index is 13.3. The van der Waals surface area contributed by atoms with Crippen LogP contribution in [0.3, 0.4) is 0 Å². The van der Waals surface area contributed by atoms with E-state index >= 15 is 0 Å². The molecule has 0 aliphatic carbocycles. The zero-order valence-electron chi connectivity index (χ0n) is 21.2. The van der Waals surface area contributed by atoms with E-state index in [1.807, 2.05) is 12.2 Å². The van der Waals surface area contributed by atoms with Gasteiger partial charge in [0.1, 0.15) is 5.82 Å². The van der Waals surface area contributed by atoms with E-state index in [4.69, 9.17) is 17.2 Å². The molecule has 3 N–H and O–H groups in total. The van der Waals surface area contributed by atoms with Gasteiger partial charge in [0.2, 0.25) is 5.95 Å². The Morgan fingerprint density at radius 3 is 2.70 bits per heavy atom. The van der Waals surface area contributed by atoms with Gasteiger partial charge in [-0.3, -0.25) is 0 Å². The van der Waals surface area contributed by atoms with Gasteiger partial charge in [-0.1, -0.05) is 18.3 Å². The quantitative estimate of drug-likeness (QED) is 0.496. The van der Waals surface area contributed by atoms with Crippen LogP contribution in [0.1, 0.15) is 31.4 Å². The summed E-state index contributed by atoms with van der Waals surface area (Å²) in [6.45, 7) is 6.27. The summed E-state index contributed by atoms with van der Waals surface area (Å²) in [6, 6.07) is 4.03. The highest BCUT2D eigenvalue weighted by Crippen LogP contribution is 2.38. The van der Waals surface area contributed by atoms with E-state index in [2.05, 4.69) is 58.7 Å². The molecule has 1 fully saturated rings. The lowest BCUT2D eigenvalue weighted by Crippen LogP contribution is -2.50. The van der Waals surface area contributed by atoms with Crippen molar-refractivity contribution in [2.24, 2.45) is 0 Å². The number of likely N-dealkylation sites (tertiary alicyclic amines) is 1. The van der Waals surface area contributed by atoms with Crippen LogP contribution in [0.5, 0.6) is 0 Å². The normalized spacial score (nSPS) is 21.1. The van der Waals surface area contributed by atoms with Crippen LogP contribution in [0, 0.1) is 0 Å². The number of fused-ring (bicyclic) bond motifs is 3. The first kappa shape index (κ1) is 25.5. The molecule has 37 heavy (non-hydrogen) atoms. The maximum atomic E-state index is 13.3. The number of anilines is 2. The summed E-state index contributed by atoms with van der Waals surface area (Å²) in [4.78, 5) is 14.2. The minimum Gasteiger partial charge on any atom is -0.361 e. The van der Waals surface area contributed by atoms with Gasteiger partial charge in [-0.05, 0) is 58.1 Å². The molecule has 3 aliphatic rings. The number of allylic oxidation sites excluding steroid dienone is 2. The fraction of sp³-hybridized carbons (Fsp3) is 0.423. The first-order valence-electron chi connectivity index (χ1n) is 12.2. The molecule has 0 saturated carbocycles. The first-order valence-corrected chi connectivity index (χ1v) is 12.6. The van der Waals surface area contributed by atoms with Gasteiger partial charge < -0.3 is 25.8 Å². The zero-order valence-corrected chi connectivity index (χ0v) is 22.0. The molecule has 1 aromatic heterocycles. The SMILES string of the molecule is CN1CCC(N(C)C2=CC=C(Nc3ncc4c(n3)-c3ccc(C(F)(F)F)cc3NC(=S)C4)C(C)(C)N2)C1. The molecule has 1 atom stereocenters. The number of hydrogen-bond donors (Lipinski definition) is 3. The van der Waals surface area contributed by atoms with Crippen molar-refractivity contribution in [3.8, 4) is 11.3 Å². The van der Waals surface area contributed by atoms with Gasteiger partial charge >= 0.3 is 6.18 Å². The Bertz CT molecular complexity index is 1300. The van der Waals surface area contributed by atoms with Crippen molar-refractivity contribution in [3.05, 3.63) is 59.2 Å². The number of rotatable bonds is 4. The number of aromatic nitrogens is 2. The molecule has 7 nitrogen and oxygen atoms in total.